The fourth-order valence-electron chi connectivity index (χ4n) is 14.2. The second-order valence-electron chi connectivity index (χ2n) is 22.6. The van der Waals surface area contributed by atoms with E-state index in [2.05, 4.69) is 33.4 Å². The largest absolute Gasteiger partial charge is 0.455 e. The molecule has 0 aromatic rings. The van der Waals surface area contributed by atoms with Crippen LogP contribution in [-0.2, 0) is 47.4 Å². The summed E-state index contributed by atoms with van der Waals surface area (Å²) in [6, 6.07) is 0. The molecule has 0 spiro atoms. The highest BCUT2D eigenvalue weighted by Gasteiger charge is 2.69. The van der Waals surface area contributed by atoms with Gasteiger partial charge >= 0.3 is 5.97 Å². The van der Waals surface area contributed by atoms with Crippen LogP contribution >= 0.6 is 0 Å². The highest BCUT2D eigenvalue weighted by molar-refractivity contribution is 5.75. The number of hydrogen-bond donors (Lipinski definition) is 10. The summed E-state index contributed by atoms with van der Waals surface area (Å²) in [5.41, 5.74) is 1.06. The third kappa shape index (κ3) is 9.97. The molecule has 10 N–H and O–H groups in total. The van der Waals surface area contributed by atoms with Crippen molar-refractivity contribution in [2.75, 3.05) is 26.9 Å². The first-order chi connectivity index (χ1) is 33.5. The molecule has 3 unspecified atom stereocenters. The Morgan fingerprint density at radius 1 is 0.901 bits per heavy atom. The number of hydrogen-bond acceptors (Lipinski definition) is 20. The monoisotopic (exact) mass is 1010 g/mol. The summed E-state index contributed by atoms with van der Waals surface area (Å²) in [7, 11) is 1.67. The zero-order valence-electron chi connectivity index (χ0n) is 42.2. The zero-order chi connectivity index (χ0) is 51.6. The third-order valence-corrected chi connectivity index (χ3v) is 18.8. The highest BCUT2D eigenvalue weighted by atomic mass is 16.8. The van der Waals surface area contributed by atoms with Crippen molar-refractivity contribution < 1.29 is 98.5 Å². The molecule has 0 bridgehead atoms. The number of rotatable bonds is 16. The number of methoxy groups -OCH3 is 1. The molecular weight excluding hydrogens is 933 g/mol. The van der Waals surface area contributed by atoms with E-state index in [0.717, 1.165) is 31.3 Å². The van der Waals surface area contributed by atoms with Crippen molar-refractivity contribution in [3.05, 3.63) is 23.8 Å². The van der Waals surface area contributed by atoms with E-state index in [-0.39, 0.29) is 60.7 Å². The van der Waals surface area contributed by atoms with Crippen LogP contribution in [0.15, 0.2) is 23.8 Å². The van der Waals surface area contributed by atoms with Gasteiger partial charge < -0.3 is 93.7 Å². The third-order valence-electron chi connectivity index (χ3n) is 18.8. The zero-order valence-corrected chi connectivity index (χ0v) is 42.2. The minimum atomic E-state index is -1.73. The first kappa shape index (κ1) is 55.5. The number of carbonyl (C=O) groups is 1. The number of fused-ring (bicyclic) bond motifs is 7. The van der Waals surface area contributed by atoms with Gasteiger partial charge in [0.1, 0.15) is 54.9 Å². The molecular formula is C51H82O20. The Hall–Kier alpha value is -1.77. The van der Waals surface area contributed by atoms with E-state index in [1.807, 2.05) is 6.92 Å². The predicted molar refractivity (Wildman–Crippen MR) is 247 cm³/mol. The van der Waals surface area contributed by atoms with E-state index in [1.54, 1.807) is 14.0 Å². The van der Waals surface area contributed by atoms with Crippen LogP contribution in [0, 0.1) is 46.3 Å². The lowest BCUT2D eigenvalue weighted by Crippen LogP contribution is -2.64. The number of aliphatic hydroxyl groups excluding tert-OH is 10. The van der Waals surface area contributed by atoms with Crippen LogP contribution in [0.5, 0.6) is 0 Å². The molecule has 8 aliphatic rings. The van der Waals surface area contributed by atoms with Gasteiger partial charge in [0.2, 0.25) is 0 Å². The van der Waals surface area contributed by atoms with E-state index in [0.29, 0.717) is 31.3 Å². The molecule has 7 fully saturated rings. The van der Waals surface area contributed by atoms with Crippen molar-refractivity contribution in [2.45, 2.75) is 216 Å². The van der Waals surface area contributed by atoms with Crippen LogP contribution in [0.1, 0.15) is 99.3 Å². The first-order valence-corrected chi connectivity index (χ1v) is 25.9. The Morgan fingerprint density at radius 2 is 1.61 bits per heavy atom. The van der Waals surface area contributed by atoms with E-state index in [1.165, 1.54) is 6.92 Å². The van der Waals surface area contributed by atoms with Gasteiger partial charge in [-0.3, -0.25) is 0 Å². The first-order valence-electron chi connectivity index (χ1n) is 25.9. The second-order valence-corrected chi connectivity index (χ2v) is 22.6. The minimum absolute atomic E-state index is 0.00153. The van der Waals surface area contributed by atoms with E-state index < -0.39 is 134 Å². The van der Waals surface area contributed by atoms with E-state index in [9.17, 15) is 55.9 Å². The SMILES string of the molecule is C=C(CCC1(OC)OC2C[C@H]3[C@@H]4CC=C5C[C@@H](O)C[C@@H](O[C@@H]6OC[C@H](OC(=O)[C@@H](O)[C@@H](C)CC)[C@H](O)[C@H]6O[C@@H]6O[C@@H](C)[C@H](O)[C@@H](O)[C@H]6O)[C@]5(C)[C@H]4CC[C@]3(C)C2[C@@H]1C)CO[C@@H]1O[C@H](CO)[C@@H](O)[C@H](O)[C@H]1O. The fourth-order valence-corrected chi connectivity index (χ4v) is 14.2. The standard InChI is InChI=1S/C51H82O20/c1-9-23(3)36(54)45(62)67-33-21-65-48(44(39(33)57)70-47-43(61)40(58)37(55)25(5)66-47)69-34-17-27(53)16-26-10-11-28-29(50(26,34)7)13-14-49(6)30(28)18-31-35(49)24(4)51(63-8,71-31)15-12-22(2)20-64-46-42(60)41(59)38(56)32(19-52)68-46/h10,23-25,27-44,46-48,52-61H,2,9,11-21H2,1,3-8H3/t23-,24-,25-,27+,28+,29-,30-,31?,32+,33-,34+,35?,36-,37-,38+,39-,40+,41-,42+,43+,44+,46+,47-,48-,49-,50-,51?/m0/s1. The van der Waals surface area contributed by atoms with Crippen LogP contribution < -0.4 is 0 Å². The molecule has 8 rings (SSSR count). The quantitative estimate of drug-likeness (QED) is 0.0735. The second kappa shape index (κ2) is 21.7. The summed E-state index contributed by atoms with van der Waals surface area (Å²) >= 11 is 0. The van der Waals surface area contributed by atoms with Gasteiger partial charge in [-0.05, 0) is 80.5 Å². The summed E-state index contributed by atoms with van der Waals surface area (Å²) in [5, 5.41) is 106. The average Bonchev–Trinajstić information content (AvgIpc) is 3.81. The van der Waals surface area contributed by atoms with Crippen molar-refractivity contribution in [1.29, 1.82) is 0 Å². The van der Waals surface area contributed by atoms with Crippen LogP contribution in [-0.4, -0.2) is 200 Å². The average molecular weight is 1020 g/mol. The summed E-state index contributed by atoms with van der Waals surface area (Å²) in [6.07, 6.45) is -15.1. The molecule has 0 aromatic carbocycles. The molecule has 0 radical (unpaired) electrons. The van der Waals surface area contributed by atoms with Crippen molar-refractivity contribution in [1.82, 2.24) is 0 Å². The lowest BCUT2D eigenvalue weighted by Gasteiger charge is -2.60. The summed E-state index contributed by atoms with van der Waals surface area (Å²) < 4.78 is 55.4. The van der Waals surface area contributed by atoms with E-state index in [4.69, 9.17) is 42.6 Å². The minimum Gasteiger partial charge on any atom is -0.455 e. The molecule has 27 atom stereocenters. The lowest BCUT2D eigenvalue weighted by atomic mass is 9.46. The molecule has 0 aromatic heterocycles. The molecule has 20 heteroatoms. The van der Waals surface area contributed by atoms with Crippen LogP contribution in [0.4, 0.5) is 0 Å². The van der Waals surface area contributed by atoms with Crippen LogP contribution in [0.3, 0.4) is 0 Å². The van der Waals surface area contributed by atoms with Crippen molar-refractivity contribution >= 4 is 5.97 Å². The topological polar surface area (TPSA) is 302 Å². The Morgan fingerprint density at radius 3 is 2.30 bits per heavy atom. The van der Waals surface area contributed by atoms with Gasteiger partial charge in [-0.2, -0.15) is 0 Å². The lowest BCUT2D eigenvalue weighted by molar-refractivity contribution is -0.363. The number of carbonyl (C=O) groups excluding carboxylic acids is 1. The van der Waals surface area contributed by atoms with Gasteiger partial charge in [0.15, 0.2) is 36.9 Å². The van der Waals surface area contributed by atoms with Gasteiger partial charge in [-0.15, -0.1) is 0 Å². The van der Waals surface area contributed by atoms with Crippen molar-refractivity contribution in [2.24, 2.45) is 46.3 Å². The molecule has 0 amide bonds. The highest BCUT2D eigenvalue weighted by Crippen LogP contribution is 2.70. The maximum Gasteiger partial charge on any atom is 0.335 e. The Balaban J connectivity index is 0.970. The van der Waals surface area contributed by atoms with Crippen molar-refractivity contribution in [3.63, 3.8) is 0 Å². The molecule has 71 heavy (non-hydrogen) atoms. The van der Waals surface area contributed by atoms with Gasteiger partial charge in [0.05, 0.1) is 44.2 Å². The molecule has 4 heterocycles. The molecule has 4 aliphatic heterocycles. The fraction of sp³-hybridized carbons (Fsp3) is 0.902. The number of aliphatic hydroxyl groups is 10. The number of ether oxygens (including phenoxy) is 9. The van der Waals surface area contributed by atoms with Crippen molar-refractivity contribution in [3.8, 4) is 0 Å². The Bertz CT molecular complexity index is 1890. The maximum absolute atomic E-state index is 13.1. The Labute approximate surface area is 416 Å². The normalized spacial score (nSPS) is 50.5. The number of esters is 1. The smallest absolute Gasteiger partial charge is 0.335 e. The van der Waals surface area contributed by atoms with Gasteiger partial charge in [-0.25, -0.2) is 4.79 Å². The molecule has 4 saturated heterocycles. The van der Waals surface area contributed by atoms with Crippen LogP contribution in [0.25, 0.3) is 0 Å². The predicted octanol–water partition coefficient (Wildman–Crippen LogP) is 0.311. The van der Waals surface area contributed by atoms with Gasteiger partial charge in [0, 0.05) is 31.3 Å². The molecule has 4 aliphatic carbocycles. The molecule has 406 valence electrons. The summed E-state index contributed by atoms with van der Waals surface area (Å²) in [5.74, 6) is -1.48. The summed E-state index contributed by atoms with van der Waals surface area (Å²) in [6.45, 7) is 15.1. The summed E-state index contributed by atoms with van der Waals surface area (Å²) in [4.78, 5) is 13.1. The van der Waals surface area contributed by atoms with Gasteiger partial charge in [-0.1, -0.05) is 64.8 Å². The molecule has 3 saturated carbocycles. The number of allylic oxidation sites excluding steroid dienone is 1. The maximum atomic E-state index is 13.1. The van der Waals surface area contributed by atoms with E-state index >= 15 is 0 Å². The Kier molecular flexibility index (Phi) is 16.9. The van der Waals surface area contributed by atoms with Crippen LogP contribution in [0.2, 0.25) is 0 Å². The van der Waals surface area contributed by atoms with Gasteiger partial charge in [0.25, 0.3) is 0 Å². The molecule has 20 nitrogen and oxygen atoms in total.